The Bertz CT molecular complexity index is 763. The van der Waals surface area contributed by atoms with E-state index in [0.29, 0.717) is 16.6 Å². The minimum Gasteiger partial charge on any atom is -0.496 e. The van der Waals surface area contributed by atoms with Crippen molar-refractivity contribution in [2.75, 3.05) is 7.11 Å². The summed E-state index contributed by atoms with van der Waals surface area (Å²) in [5.41, 5.74) is 8.54. The average Bonchev–Trinajstić information content (AvgIpc) is 2.61. The lowest BCUT2D eigenvalue weighted by atomic mass is 10.0. The molecule has 26 heavy (non-hydrogen) atoms. The maximum absolute atomic E-state index is 5.62. The summed E-state index contributed by atoms with van der Waals surface area (Å²) < 4.78 is 5.62. The second-order valence-corrected chi connectivity index (χ2v) is 13.3. The monoisotopic (exact) mass is 365 g/mol. The molecule has 0 saturated carbocycles. The number of ether oxygens (including phenoxy) is 1. The first-order chi connectivity index (χ1) is 12.3. The van der Waals surface area contributed by atoms with Crippen molar-refractivity contribution in [3.05, 3.63) is 48.2 Å². The van der Waals surface area contributed by atoms with Gasteiger partial charge in [0.15, 0.2) is 0 Å². The van der Waals surface area contributed by atoms with E-state index >= 15 is 0 Å². The summed E-state index contributed by atoms with van der Waals surface area (Å²) in [5.74, 6) is 4.38. The molecule has 0 unspecified atom stereocenters. The molecule has 0 saturated heterocycles. The first-order valence-electron chi connectivity index (χ1n) is 9.46. The molecule has 3 heteroatoms. The molecule has 0 N–H and O–H groups in total. The van der Waals surface area contributed by atoms with Crippen LogP contribution in [0.3, 0.4) is 0 Å². The molecule has 0 radical (unpaired) electrons. The second kappa shape index (κ2) is 8.55. The Morgan fingerprint density at radius 2 is 1.54 bits per heavy atom. The first kappa shape index (κ1) is 20.3. The number of methoxy groups -OCH3 is 1. The number of benzene rings is 1. The van der Waals surface area contributed by atoms with Gasteiger partial charge in [0.1, 0.15) is 13.8 Å². The third-order valence-electron chi connectivity index (χ3n) is 5.45. The maximum atomic E-state index is 5.62. The van der Waals surface area contributed by atoms with Gasteiger partial charge in [0.2, 0.25) is 0 Å². The molecule has 2 aromatic rings. The predicted octanol–water partition coefficient (Wildman–Crippen LogP) is 6.33. The Morgan fingerprint density at radius 1 is 0.885 bits per heavy atom. The number of aromatic nitrogens is 1. The van der Waals surface area contributed by atoms with Crippen molar-refractivity contribution in [1.82, 2.24) is 4.98 Å². The molecule has 2 rings (SSSR count). The van der Waals surface area contributed by atoms with E-state index in [1.54, 1.807) is 7.11 Å². The summed E-state index contributed by atoms with van der Waals surface area (Å²) in [6.45, 7) is 14.0. The van der Waals surface area contributed by atoms with E-state index in [4.69, 9.17) is 4.74 Å². The average molecular weight is 366 g/mol. The van der Waals surface area contributed by atoms with Gasteiger partial charge in [-0.3, -0.25) is 4.98 Å². The molecule has 0 spiro atoms. The SMILES string of the molecule is COc1cccc(C#C[Si](C(C)C)(C(C)C)C(C)C)c1-c1ccccn1. The summed E-state index contributed by atoms with van der Waals surface area (Å²) in [6, 6.07) is 12.0. The van der Waals surface area contributed by atoms with E-state index in [9.17, 15) is 0 Å². The van der Waals surface area contributed by atoms with E-state index in [1.807, 2.05) is 36.5 Å². The summed E-state index contributed by atoms with van der Waals surface area (Å²) >= 11 is 0. The number of nitrogens with zero attached hydrogens (tertiary/aromatic N) is 1. The van der Waals surface area contributed by atoms with Crippen molar-refractivity contribution in [3.8, 4) is 28.5 Å². The fourth-order valence-corrected chi connectivity index (χ4v) is 9.41. The Morgan fingerprint density at radius 3 is 2.04 bits per heavy atom. The van der Waals surface area contributed by atoms with Gasteiger partial charge in [0.05, 0.1) is 18.4 Å². The van der Waals surface area contributed by atoms with Crippen LogP contribution in [0.25, 0.3) is 11.3 Å². The summed E-state index contributed by atoms with van der Waals surface area (Å²) in [6.07, 6.45) is 1.81. The minimum absolute atomic E-state index is 0.610. The highest BCUT2D eigenvalue weighted by molar-refractivity contribution is 6.90. The molecular formula is C23H31NOSi. The molecule has 0 bridgehead atoms. The van der Waals surface area contributed by atoms with Crippen LogP contribution in [0.15, 0.2) is 42.6 Å². The molecule has 0 amide bonds. The highest BCUT2D eigenvalue weighted by Gasteiger charge is 2.41. The fourth-order valence-electron chi connectivity index (χ4n) is 4.19. The molecular weight excluding hydrogens is 334 g/mol. The van der Waals surface area contributed by atoms with Crippen LogP contribution in [0.4, 0.5) is 0 Å². The van der Waals surface area contributed by atoms with Crippen molar-refractivity contribution >= 4 is 8.07 Å². The van der Waals surface area contributed by atoms with Gasteiger partial charge in [-0.1, -0.05) is 59.6 Å². The van der Waals surface area contributed by atoms with Crippen LogP contribution in [0, 0.1) is 11.5 Å². The zero-order valence-electron chi connectivity index (χ0n) is 17.1. The largest absolute Gasteiger partial charge is 0.496 e. The maximum Gasteiger partial charge on any atom is 0.146 e. The van der Waals surface area contributed by atoms with Crippen LogP contribution in [0.1, 0.15) is 47.1 Å². The molecule has 1 aromatic heterocycles. The predicted molar refractivity (Wildman–Crippen MR) is 114 cm³/mol. The first-order valence-corrected chi connectivity index (χ1v) is 11.7. The lowest BCUT2D eigenvalue weighted by Gasteiger charge is -2.38. The fraction of sp³-hybridized carbons (Fsp3) is 0.435. The van der Waals surface area contributed by atoms with E-state index in [-0.39, 0.29) is 0 Å². The minimum atomic E-state index is -1.78. The van der Waals surface area contributed by atoms with Crippen molar-refractivity contribution in [2.45, 2.75) is 58.2 Å². The molecule has 0 aliphatic rings. The van der Waals surface area contributed by atoms with Crippen LogP contribution < -0.4 is 4.74 Å². The van der Waals surface area contributed by atoms with Gasteiger partial charge in [-0.05, 0) is 40.9 Å². The molecule has 0 aliphatic carbocycles. The number of hydrogen-bond donors (Lipinski definition) is 0. The summed E-state index contributed by atoms with van der Waals surface area (Å²) in [5, 5.41) is 0. The van der Waals surface area contributed by atoms with E-state index in [2.05, 4.69) is 64.1 Å². The number of hydrogen-bond acceptors (Lipinski definition) is 2. The zero-order chi connectivity index (χ0) is 19.3. The van der Waals surface area contributed by atoms with E-state index in [0.717, 1.165) is 22.6 Å². The lowest BCUT2D eigenvalue weighted by Crippen LogP contribution is -2.43. The van der Waals surface area contributed by atoms with E-state index < -0.39 is 8.07 Å². The highest BCUT2D eigenvalue weighted by atomic mass is 28.3. The molecule has 0 aliphatic heterocycles. The third kappa shape index (κ3) is 3.86. The van der Waals surface area contributed by atoms with Gasteiger partial charge in [-0.2, -0.15) is 0 Å². The van der Waals surface area contributed by atoms with Crippen molar-refractivity contribution < 1.29 is 4.74 Å². The normalized spacial score (nSPS) is 11.6. The van der Waals surface area contributed by atoms with Gasteiger partial charge in [0.25, 0.3) is 0 Å². The van der Waals surface area contributed by atoms with Gasteiger partial charge < -0.3 is 4.74 Å². The van der Waals surface area contributed by atoms with Crippen molar-refractivity contribution in [1.29, 1.82) is 0 Å². The van der Waals surface area contributed by atoms with Crippen LogP contribution in [0.2, 0.25) is 16.6 Å². The van der Waals surface area contributed by atoms with Crippen LogP contribution in [0.5, 0.6) is 5.75 Å². The molecule has 2 nitrogen and oxygen atoms in total. The lowest BCUT2D eigenvalue weighted by molar-refractivity contribution is 0.416. The highest BCUT2D eigenvalue weighted by Crippen LogP contribution is 2.41. The van der Waals surface area contributed by atoms with Crippen LogP contribution in [-0.4, -0.2) is 20.2 Å². The second-order valence-electron chi connectivity index (χ2n) is 7.74. The number of rotatable bonds is 5. The van der Waals surface area contributed by atoms with Crippen molar-refractivity contribution in [2.24, 2.45) is 0 Å². The Kier molecular flexibility index (Phi) is 6.67. The molecule has 0 atom stereocenters. The topological polar surface area (TPSA) is 22.1 Å². The van der Waals surface area contributed by atoms with Gasteiger partial charge >= 0.3 is 0 Å². The smallest absolute Gasteiger partial charge is 0.146 e. The zero-order valence-corrected chi connectivity index (χ0v) is 18.1. The molecule has 0 fully saturated rings. The molecule has 1 aromatic carbocycles. The quantitative estimate of drug-likeness (QED) is 0.456. The van der Waals surface area contributed by atoms with E-state index in [1.165, 1.54) is 0 Å². The Hall–Kier alpha value is -2.05. The Labute approximate surface area is 160 Å². The number of pyridine rings is 1. The standard InChI is InChI=1S/C23H31NOSi/c1-17(2)26(18(3)4,19(5)6)16-14-20-11-10-13-22(25-7)23(20)21-12-8-9-15-24-21/h8-13,15,17-19H,1-7H3. The van der Waals surface area contributed by atoms with Gasteiger partial charge in [-0.25, -0.2) is 0 Å². The van der Waals surface area contributed by atoms with Crippen LogP contribution >= 0.6 is 0 Å². The van der Waals surface area contributed by atoms with Crippen molar-refractivity contribution in [3.63, 3.8) is 0 Å². The molecule has 138 valence electrons. The van der Waals surface area contributed by atoms with Gasteiger partial charge in [0, 0.05) is 11.8 Å². The summed E-state index contributed by atoms with van der Waals surface area (Å²) in [4.78, 5) is 4.53. The Balaban J connectivity index is 2.67. The third-order valence-corrected chi connectivity index (χ3v) is 11.7. The van der Waals surface area contributed by atoms with Crippen LogP contribution in [-0.2, 0) is 0 Å². The summed E-state index contributed by atoms with van der Waals surface area (Å²) in [7, 11) is -0.0814. The molecule has 1 heterocycles. The van der Waals surface area contributed by atoms with Gasteiger partial charge in [-0.15, -0.1) is 5.54 Å².